The highest BCUT2D eigenvalue weighted by Crippen LogP contribution is 2.40. The van der Waals surface area contributed by atoms with E-state index in [1.807, 2.05) is 13.8 Å². The number of nitrogens with one attached hydrogen (secondary N) is 2. The average Bonchev–Trinajstić information content (AvgIpc) is 3.56. The zero-order valence-electron chi connectivity index (χ0n) is 22.6. The Kier molecular flexibility index (Phi) is 7.84. The maximum absolute atomic E-state index is 13.2. The topological polar surface area (TPSA) is 93.7 Å². The Hall–Kier alpha value is -3.48. The van der Waals surface area contributed by atoms with E-state index in [-0.39, 0.29) is 17.6 Å². The summed E-state index contributed by atoms with van der Waals surface area (Å²) in [5, 5.41) is 3.85. The van der Waals surface area contributed by atoms with E-state index in [9.17, 15) is 26.4 Å². The van der Waals surface area contributed by atoms with Crippen molar-refractivity contribution in [1.29, 1.82) is 0 Å². The molecule has 0 unspecified atom stereocenters. The summed E-state index contributed by atoms with van der Waals surface area (Å²) in [4.78, 5) is 13.6. The van der Waals surface area contributed by atoms with Crippen LogP contribution in [0.5, 0.6) is 11.5 Å². The number of carbonyl (C=O) groups is 1. The monoisotopic (exact) mass is 638 g/mol. The second kappa shape index (κ2) is 11.0. The van der Waals surface area contributed by atoms with Gasteiger partial charge in [0, 0.05) is 32.6 Å². The third kappa shape index (κ3) is 7.47. The highest BCUT2D eigenvalue weighted by molar-refractivity contribution is 7.92. The van der Waals surface area contributed by atoms with Crippen molar-refractivity contribution < 1.29 is 35.9 Å². The highest BCUT2D eigenvalue weighted by Gasteiger charge is 2.33. The summed E-state index contributed by atoms with van der Waals surface area (Å²) >= 11 is 7.67. The summed E-state index contributed by atoms with van der Waals surface area (Å²) in [7, 11) is -3.45. The van der Waals surface area contributed by atoms with Crippen molar-refractivity contribution >= 4 is 60.3 Å². The van der Waals surface area contributed by atoms with Crippen LogP contribution >= 0.6 is 22.9 Å². The molecule has 1 amide bonds. The highest BCUT2D eigenvalue weighted by atomic mass is 35.5. The van der Waals surface area contributed by atoms with Crippen LogP contribution in [0.1, 0.15) is 47.5 Å². The van der Waals surface area contributed by atoms with Crippen molar-refractivity contribution in [3.63, 3.8) is 0 Å². The lowest BCUT2D eigenvalue weighted by molar-refractivity contribution is -0.274. The lowest BCUT2D eigenvalue weighted by Crippen LogP contribution is -2.21. The lowest BCUT2D eigenvalue weighted by atomic mass is 9.78. The molecular weight excluding hydrogens is 613 g/mol. The van der Waals surface area contributed by atoms with E-state index in [4.69, 9.17) is 16.3 Å². The summed E-state index contributed by atoms with van der Waals surface area (Å²) in [5.41, 5.74) is 1.05. The largest absolute Gasteiger partial charge is 0.573 e. The molecule has 2 N–H and O–H groups in total. The molecule has 0 atom stereocenters. The van der Waals surface area contributed by atoms with E-state index in [1.54, 1.807) is 48.5 Å². The molecule has 7 nitrogen and oxygen atoms in total. The fourth-order valence-corrected chi connectivity index (χ4v) is 6.11. The maximum atomic E-state index is 13.2. The summed E-state index contributed by atoms with van der Waals surface area (Å²) in [6, 6.07) is 15.8. The number of carbonyl (C=O) groups excluding carboxylic acids is 1. The molecule has 0 spiro atoms. The van der Waals surface area contributed by atoms with Crippen LogP contribution in [-0.4, -0.2) is 33.0 Å². The van der Waals surface area contributed by atoms with Gasteiger partial charge in [0.2, 0.25) is 10.0 Å². The number of fused-ring (bicyclic) bond motifs is 1. The summed E-state index contributed by atoms with van der Waals surface area (Å²) in [6.45, 7) is 3.65. The second-order valence-corrected chi connectivity index (χ2v) is 13.9. The van der Waals surface area contributed by atoms with Crippen LogP contribution < -0.4 is 19.5 Å². The van der Waals surface area contributed by atoms with Crippen LogP contribution in [0.3, 0.4) is 0 Å². The van der Waals surface area contributed by atoms with Gasteiger partial charge in [0.05, 0.1) is 17.2 Å². The number of halogens is 4. The van der Waals surface area contributed by atoms with E-state index in [2.05, 4.69) is 14.8 Å². The van der Waals surface area contributed by atoms with Crippen LogP contribution in [-0.2, 0) is 15.4 Å². The van der Waals surface area contributed by atoms with Gasteiger partial charge in [0.15, 0.2) is 0 Å². The third-order valence-electron chi connectivity index (χ3n) is 6.58. The SMILES string of the molecule is CC(C)(c1cc(Cl)cc(NC(=O)c2cc3cc(NS(C)(=O)=O)ccc3s2)c1)c1cc(OC2CC2)cc(OC(F)(F)F)c1. The van der Waals surface area contributed by atoms with E-state index >= 15 is 0 Å². The number of hydrogen-bond acceptors (Lipinski definition) is 6. The number of rotatable bonds is 9. The zero-order valence-corrected chi connectivity index (χ0v) is 25.0. The van der Waals surface area contributed by atoms with Crippen LogP contribution in [0.25, 0.3) is 10.1 Å². The van der Waals surface area contributed by atoms with Crippen molar-refractivity contribution in [2.45, 2.75) is 44.6 Å². The van der Waals surface area contributed by atoms with Crippen LogP contribution in [0.4, 0.5) is 24.5 Å². The molecule has 1 aromatic heterocycles. The second-order valence-electron chi connectivity index (χ2n) is 10.6. The first-order valence-electron chi connectivity index (χ1n) is 12.8. The Labute approximate surface area is 249 Å². The molecule has 5 rings (SSSR count). The van der Waals surface area contributed by atoms with Crippen molar-refractivity contribution in [2.24, 2.45) is 0 Å². The van der Waals surface area contributed by atoms with Gasteiger partial charge in [-0.15, -0.1) is 24.5 Å². The van der Waals surface area contributed by atoms with Crippen LogP contribution in [0.15, 0.2) is 60.7 Å². The minimum atomic E-state index is -4.87. The van der Waals surface area contributed by atoms with Gasteiger partial charge in [-0.05, 0) is 84.0 Å². The Morgan fingerprint density at radius 2 is 1.64 bits per heavy atom. The molecule has 13 heteroatoms. The number of hydrogen-bond donors (Lipinski definition) is 2. The molecule has 4 aromatic rings. The number of thiophene rings is 1. The Bertz CT molecular complexity index is 1780. The summed E-state index contributed by atoms with van der Waals surface area (Å²) in [5.74, 6) is -0.517. The first-order chi connectivity index (χ1) is 19.5. The van der Waals surface area contributed by atoms with Gasteiger partial charge in [-0.2, -0.15) is 0 Å². The number of alkyl halides is 3. The zero-order chi connectivity index (χ0) is 30.4. The summed E-state index contributed by atoms with van der Waals surface area (Å²) < 4.78 is 75.6. The molecule has 0 saturated heterocycles. The molecule has 1 aliphatic carbocycles. The first kappa shape index (κ1) is 30.0. The Morgan fingerprint density at radius 3 is 2.31 bits per heavy atom. The molecule has 1 saturated carbocycles. The van der Waals surface area contributed by atoms with Gasteiger partial charge in [0.1, 0.15) is 11.5 Å². The number of amides is 1. The van der Waals surface area contributed by atoms with Crippen molar-refractivity contribution in [2.75, 3.05) is 16.3 Å². The van der Waals surface area contributed by atoms with Crippen LogP contribution in [0, 0.1) is 0 Å². The predicted molar refractivity (Wildman–Crippen MR) is 159 cm³/mol. The van der Waals surface area contributed by atoms with Crippen molar-refractivity contribution in [1.82, 2.24) is 0 Å². The standard InChI is InChI=1S/C29H26ClF3N2O5S2/c1-28(2,18-12-23(39-22-5-6-22)15-24(13-18)40-29(31,32)33)17-10-19(30)14-21(11-17)34-27(36)26-9-16-8-20(35-42(3,37)38)4-7-25(16)41-26/h4,7-15,22,35H,5-6H2,1-3H3,(H,34,36). The van der Waals surface area contributed by atoms with Gasteiger partial charge >= 0.3 is 6.36 Å². The molecule has 1 aliphatic rings. The van der Waals surface area contributed by atoms with E-state index < -0.39 is 27.7 Å². The smallest absolute Gasteiger partial charge is 0.490 e. The molecule has 0 bridgehead atoms. The quantitative estimate of drug-likeness (QED) is 0.194. The molecule has 222 valence electrons. The normalized spacial score (nSPS) is 14.1. The predicted octanol–water partition coefficient (Wildman–Crippen LogP) is 7.94. The van der Waals surface area contributed by atoms with Crippen molar-refractivity contribution in [3.8, 4) is 11.5 Å². The minimum absolute atomic E-state index is 0.0356. The van der Waals surface area contributed by atoms with Gasteiger partial charge < -0.3 is 14.8 Å². The number of anilines is 2. The summed E-state index contributed by atoms with van der Waals surface area (Å²) in [6.07, 6.45) is -2.19. The number of ether oxygens (including phenoxy) is 2. The molecule has 1 fully saturated rings. The minimum Gasteiger partial charge on any atom is -0.490 e. The molecule has 0 radical (unpaired) electrons. The molecular formula is C29H26ClF3N2O5S2. The lowest BCUT2D eigenvalue weighted by Gasteiger charge is -2.28. The van der Waals surface area contributed by atoms with Gasteiger partial charge in [-0.1, -0.05) is 25.4 Å². The Balaban J connectivity index is 1.42. The Morgan fingerprint density at radius 1 is 0.952 bits per heavy atom. The molecule has 1 heterocycles. The van der Waals surface area contributed by atoms with Gasteiger partial charge in [0.25, 0.3) is 5.91 Å². The number of sulfonamides is 1. The van der Waals surface area contributed by atoms with Gasteiger partial charge in [-0.25, -0.2) is 8.42 Å². The van der Waals surface area contributed by atoms with E-state index in [0.717, 1.165) is 23.8 Å². The maximum Gasteiger partial charge on any atom is 0.573 e. The fourth-order valence-electron chi connectivity index (χ4n) is 4.39. The number of benzene rings is 3. The molecule has 3 aromatic carbocycles. The molecule has 0 aliphatic heterocycles. The molecule has 42 heavy (non-hydrogen) atoms. The average molecular weight is 639 g/mol. The first-order valence-corrected chi connectivity index (χ1v) is 15.8. The fraction of sp³-hybridized carbons (Fsp3) is 0.276. The van der Waals surface area contributed by atoms with E-state index in [1.165, 1.54) is 23.5 Å². The van der Waals surface area contributed by atoms with Gasteiger partial charge in [-0.3, -0.25) is 9.52 Å². The van der Waals surface area contributed by atoms with E-state index in [0.29, 0.717) is 37.8 Å². The third-order valence-corrected chi connectivity index (χ3v) is 8.52. The van der Waals surface area contributed by atoms with Crippen LogP contribution in [0.2, 0.25) is 5.02 Å². The van der Waals surface area contributed by atoms with Crippen molar-refractivity contribution in [3.05, 3.63) is 81.7 Å².